The van der Waals surface area contributed by atoms with E-state index in [1.165, 1.54) is 0 Å². The van der Waals surface area contributed by atoms with Gasteiger partial charge in [-0.15, -0.1) is 0 Å². The van der Waals surface area contributed by atoms with Crippen LogP contribution in [-0.4, -0.2) is 28.4 Å². The fourth-order valence-electron chi connectivity index (χ4n) is 3.07. The van der Waals surface area contributed by atoms with Gasteiger partial charge >= 0.3 is 0 Å². The van der Waals surface area contributed by atoms with Gasteiger partial charge in [0.25, 0.3) is 0 Å². The number of hydrogen-bond acceptors (Lipinski definition) is 4. The Hall–Kier alpha value is -2.88. The van der Waals surface area contributed by atoms with Crippen LogP contribution in [0.1, 0.15) is 5.56 Å². The third kappa shape index (κ3) is 2.31. The van der Waals surface area contributed by atoms with Gasteiger partial charge in [-0.1, -0.05) is 24.8 Å². The lowest BCUT2D eigenvalue weighted by Gasteiger charge is -2.16. The van der Waals surface area contributed by atoms with E-state index in [-0.39, 0.29) is 0 Å². The molecule has 0 atom stereocenters. The minimum Gasteiger partial charge on any atom is -0.493 e. The molecule has 4 nitrogen and oxygen atoms in total. The van der Waals surface area contributed by atoms with Crippen molar-refractivity contribution in [1.82, 2.24) is 0 Å². The first-order valence-corrected chi connectivity index (χ1v) is 7.54. The van der Waals surface area contributed by atoms with E-state index < -0.39 is 0 Å². The lowest BCUT2D eigenvalue weighted by molar-refractivity contribution is 0.355. The number of fused-ring (bicyclic) bond motifs is 3. The molecule has 3 aromatic carbocycles. The fraction of sp³-hybridized carbons (Fsp3) is 0.200. The van der Waals surface area contributed by atoms with Gasteiger partial charge in [-0.05, 0) is 39.9 Å². The first-order chi connectivity index (χ1) is 11.7. The normalized spacial score (nSPS) is 10.7. The van der Waals surface area contributed by atoms with Crippen LogP contribution in [0.15, 0.2) is 36.9 Å². The molecule has 0 fully saturated rings. The zero-order valence-corrected chi connectivity index (χ0v) is 14.3. The van der Waals surface area contributed by atoms with Crippen LogP contribution in [0.2, 0.25) is 0 Å². The average Bonchev–Trinajstić information content (AvgIpc) is 2.64. The molecule has 3 aromatic rings. The van der Waals surface area contributed by atoms with Crippen LogP contribution in [0, 0.1) is 0 Å². The highest BCUT2D eigenvalue weighted by atomic mass is 16.5. The van der Waals surface area contributed by atoms with Crippen molar-refractivity contribution in [1.29, 1.82) is 0 Å². The zero-order chi connectivity index (χ0) is 17.3. The molecule has 0 heterocycles. The Balaban J connectivity index is 2.55. The van der Waals surface area contributed by atoms with Crippen molar-refractivity contribution < 1.29 is 18.9 Å². The molecular weight excluding hydrogens is 304 g/mol. The van der Waals surface area contributed by atoms with Gasteiger partial charge in [-0.3, -0.25) is 0 Å². The third-order valence-electron chi connectivity index (χ3n) is 4.22. The highest BCUT2D eigenvalue weighted by Gasteiger charge is 2.17. The monoisotopic (exact) mass is 324 g/mol. The Bertz CT molecular complexity index is 928. The molecular formula is C20H20O4. The Labute approximate surface area is 141 Å². The minimum atomic E-state index is 0.669. The summed E-state index contributed by atoms with van der Waals surface area (Å²) in [4.78, 5) is 0. The summed E-state index contributed by atoms with van der Waals surface area (Å²) >= 11 is 0. The van der Waals surface area contributed by atoms with Crippen molar-refractivity contribution in [2.24, 2.45) is 0 Å². The predicted molar refractivity (Wildman–Crippen MR) is 97.8 cm³/mol. The van der Waals surface area contributed by atoms with Gasteiger partial charge in [-0.25, -0.2) is 0 Å². The first-order valence-electron chi connectivity index (χ1n) is 7.54. The van der Waals surface area contributed by atoms with Gasteiger partial charge in [0.1, 0.15) is 0 Å². The Morgan fingerprint density at radius 2 is 1.42 bits per heavy atom. The van der Waals surface area contributed by atoms with Crippen LogP contribution in [0.3, 0.4) is 0 Å². The Morgan fingerprint density at radius 1 is 0.750 bits per heavy atom. The van der Waals surface area contributed by atoms with Gasteiger partial charge in [-0.2, -0.15) is 0 Å². The highest BCUT2D eigenvalue weighted by molar-refractivity contribution is 6.14. The average molecular weight is 324 g/mol. The second kappa shape index (κ2) is 6.32. The Kier molecular flexibility index (Phi) is 4.21. The molecule has 0 aliphatic rings. The van der Waals surface area contributed by atoms with Crippen molar-refractivity contribution in [3.05, 3.63) is 42.5 Å². The van der Waals surface area contributed by atoms with E-state index in [1.54, 1.807) is 28.4 Å². The molecule has 3 rings (SSSR count). The first kappa shape index (κ1) is 16.0. The van der Waals surface area contributed by atoms with Crippen molar-refractivity contribution in [3.63, 3.8) is 0 Å². The molecule has 0 unspecified atom stereocenters. The van der Waals surface area contributed by atoms with E-state index in [9.17, 15) is 0 Å². The summed E-state index contributed by atoms with van der Waals surface area (Å²) < 4.78 is 22.0. The van der Waals surface area contributed by atoms with Crippen molar-refractivity contribution in [2.75, 3.05) is 28.4 Å². The lowest BCUT2D eigenvalue weighted by Crippen LogP contribution is -1.95. The molecule has 0 spiro atoms. The summed E-state index contributed by atoms with van der Waals surface area (Å²) in [6, 6.07) is 9.97. The van der Waals surface area contributed by atoms with E-state index in [2.05, 4.69) is 18.7 Å². The molecule has 0 saturated carbocycles. The number of rotatable bonds is 5. The van der Waals surface area contributed by atoms with Crippen molar-refractivity contribution in [2.45, 2.75) is 0 Å². The quantitative estimate of drug-likeness (QED) is 0.639. The molecule has 24 heavy (non-hydrogen) atoms. The van der Waals surface area contributed by atoms with E-state index in [0.29, 0.717) is 23.0 Å². The summed E-state index contributed by atoms with van der Waals surface area (Å²) in [7, 11) is 6.53. The standard InChI is InChI=1S/C20H20O4/c1-6-12-9-18(23-4)20(24-5)19-14(12)8-7-13-10-16(21-2)17(22-3)11-15(13)19/h6-11H,1H2,2-5H3. The molecule has 0 saturated heterocycles. The molecule has 4 heteroatoms. The maximum atomic E-state index is 5.66. The van der Waals surface area contributed by atoms with Crippen molar-refractivity contribution in [3.8, 4) is 23.0 Å². The summed E-state index contributed by atoms with van der Waals surface area (Å²) in [6.45, 7) is 3.91. The minimum absolute atomic E-state index is 0.669. The summed E-state index contributed by atoms with van der Waals surface area (Å²) in [5, 5.41) is 4.04. The van der Waals surface area contributed by atoms with Crippen LogP contribution in [0.5, 0.6) is 23.0 Å². The van der Waals surface area contributed by atoms with Crippen molar-refractivity contribution >= 4 is 27.6 Å². The van der Waals surface area contributed by atoms with E-state index in [4.69, 9.17) is 18.9 Å². The smallest absolute Gasteiger partial charge is 0.169 e. The van der Waals surface area contributed by atoms with Crippen LogP contribution < -0.4 is 18.9 Å². The SMILES string of the molecule is C=Cc1cc(OC)c(OC)c2c1ccc1cc(OC)c(OC)cc12. The zero-order valence-electron chi connectivity index (χ0n) is 14.3. The van der Waals surface area contributed by atoms with E-state index in [1.807, 2.05) is 24.3 Å². The molecule has 0 aliphatic heterocycles. The van der Waals surface area contributed by atoms with E-state index in [0.717, 1.165) is 27.1 Å². The second-order valence-corrected chi connectivity index (χ2v) is 5.32. The van der Waals surface area contributed by atoms with Gasteiger partial charge in [0.2, 0.25) is 0 Å². The Morgan fingerprint density at radius 3 is 2.00 bits per heavy atom. The lowest BCUT2D eigenvalue weighted by atomic mass is 9.96. The van der Waals surface area contributed by atoms with Gasteiger partial charge in [0.05, 0.1) is 28.4 Å². The summed E-state index contributed by atoms with van der Waals surface area (Å²) in [5.41, 5.74) is 0.985. The van der Waals surface area contributed by atoms with Crippen LogP contribution in [0.4, 0.5) is 0 Å². The molecule has 0 bridgehead atoms. The molecule has 0 N–H and O–H groups in total. The number of benzene rings is 3. The largest absolute Gasteiger partial charge is 0.493 e. The van der Waals surface area contributed by atoms with Gasteiger partial charge in [0.15, 0.2) is 23.0 Å². The van der Waals surface area contributed by atoms with Crippen LogP contribution in [0.25, 0.3) is 27.6 Å². The molecule has 0 radical (unpaired) electrons. The summed E-state index contributed by atoms with van der Waals surface area (Å²) in [5.74, 6) is 2.72. The van der Waals surface area contributed by atoms with E-state index >= 15 is 0 Å². The van der Waals surface area contributed by atoms with Gasteiger partial charge in [0, 0.05) is 5.39 Å². The molecule has 0 amide bonds. The maximum absolute atomic E-state index is 5.66. The molecule has 0 aromatic heterocycles. The third-order valence-corrected chi connectivity index (χ3v) is 4.22. The number of hydrogen-bond donors (Lipinski definition) is 0. The highest BCUT2D eigenvalue weighted by Crippen LogP contribution is 2.44. The fourth-order valence-corrected chi connectivity index (χ4v) is 3.07. The van der Waals surface area contributed by atoms with Crippen LogP contribution >= 0.6 is 0 Å². The molecule has 124 valence electrons. The summed E-state index contributed by atoms with van der Waals surface area (Å²) in [6.07, 6.45) is 1.82. The van der Waals surface area contributed by atoms with Crippen LogP contribution in [-0.2, 0) is 0 Å². The predicted octanol–water partition coefficient (Wildman–Crippen LogP) is 4.67. The second-order valence-electron chi connectivity index (χ2n) is 5.32. The van der Waals surface area contributed by atoms with Gasteiger partial charge < -0.3 is 18.9 Å². The topological polar surface area (TPSA) is 36.9 Å². The molecule has 0 aliphatic carbocycles. The number of methoxy groups -OCH3 is 4. The number of ether oxygens (including phenoxy) is 4. The maximum Gasteiger partial charge on any atom is 0.169 e.